The zero-order valence-electron chi connectivity index (χ0n) is 9.65. The average molecular weight is 203 g/mol. The second kappa shape index (κ2) is 12.7. The van der Waals surface area contributed by atoms with E-state index in [2.05, 4.69) is 30.4 Å². The standard InChI is InChI=1S/C14H21N/c1-2-3-4-5-6-7-8-9-10-11-12-13-14-15/h2-5,7-8H,6,9-13H2,1H3/b3-2+,5-4+,8-7+. The Labute approximate surface area is 93.8 Å². The Kier molecular flexibility index (Phi) is 11.6. The summed E-state index contributed by atoms with van der Waals surface area (Å²) in [6.07, 6.45) is 19.0. The minimum absolute atomic E-state index is 0.704. The summed E-state index contributed by atoms with van der Waals surface area (Å²) in [4.78, 5) is 0. The van der Waals surface area contributed by atoms with Gasteiger partial charge in [0.05, 0.1) is 6.07 Å². The van der Waals surface area contributed by atoms with Crippen molar-refractivity contribution >= 4 is 0 Å². The highest BCUT2D eigenvalue weighted by Gasteiger charge is 1.85. The molecule has 0 rings (SSSR count). The Morgan fingerprint density at radius 1 is 1.00 bits per heavy atom. The molecule has 0 fully saturated rings. The second-order valence-electron chi connectivity index (χ2n) is 3.42. The third kappa shape index (κ3) is 12.7. The number of unbranched alkanes of at least 4 members (excludes halogenated alkanes) is 4. The summed E-state index contributed by atoms with van der Waals surface area (Å²) < 4.78 is 0. The van der Waals surface area contributed by atoms with E-state index in [1.807, 2.05) is 19.1 Å². The van der Waals surface area contributed by atoms with E-state index in [4.69, 9.17) is 5.26 Å². The molecule has 0 bridgehead atoms. The van der Waals surface area contributed by atoms with Gasteiger partial charge in [0.15, 0.2) is 0 Å². The van der Waals surface area contributed by atoms with Crippen molar-refractivity contribution in [3.63, 3.8) is 0 Å². The highest BCUT2D eigenvalue weighted by Crippen LogP contribution is 2.03. The number of nitrogens with zero attached hydrogens (tertiary/aromatic N) is 1. The van der Waals surface area contributed by atoms with Gasteiger partial charge in [-0.3, -0.25) is 0 Å². The van der Waals surface area contributed by atoms with Crippen molar-refractivity contribution in [3.8, 4) is 6.07 Å². The van der Waals surface area contributed by atoms with Gasteiger partial charge in [-0.2, -0.15) is 5.26 Å². The van der Waals surface area contributed by atoms with E-state index in [-0.39, 0.29) is 0 Å². The van der Waals surface area contributed by atoms with Crippen LogP contribution in [0, 0.1) is 11.3 Å². The van der Waals surface area contributed by atoms with Crippen LogP contribution in [0.1, 0.15) is 45.4 Å². The van der Waals surface area contributed by atoms with Crippen molar-refractivity contribution in [3.05, 3.63) is 36.5 Å². The Bertz CT molecular complexity index is 241. The molecule has 0 radical (unpaired) electrons. The number of allylic oxidation sites excluding steroid dienone is 6. The van der Waals surface area contributed by atoms with Gasteiger partial charge >= 0.3 is 0 Å². The zero-order chi connectivity index (χ0) is 11.2. The molecule has 1 heteroatoms. The predicted octanol–water partition coefficient (Wildman–Crippen LogP) is 4.54. The van der Waals surface area contributed by atoms with Crippen molar-refractivity contribution in [1.29, 1.82) is 5.26 Å². The van der Waals surface area contributed by atoms with Crippen LogP contribution in [-0.4, -0.2) is 0 Å². The topological polar surface area (TPSA) is 23.8 Å². The first-order valence-corrected chi connectivity index (χ1v) is 5.71. The highest BCUT2D eigenvalue weighted by atomic mass is 14.2. The van der Waals surface area contributed by atoms with Gasteiger partial charge < -0.3 is 0 Å². The lowest BCUT2D eigenvalue weighted by molar-refractivity contribution is 0.699. The molecule has 0 aliphatic carbocycles. The van der Waals surface area contributed by atoms with Crippen LogP contribution in [0.15, 0.2) is 36.5 Å². The van der Waals surface area contributed by atoms with Gasteiger partial charge in [0.1, 0.15) is 0 Å². The maximum atomic E-state index is 8.33. The summed E-state index contributed by atoms with van der Waals surface area (Å²) >= 11 is 0. The molecule has 0 unspecified atom stereocenters. The molecule has 0 aromatic carbocycles. The van der Waals surface area contributed by atoms with Crippen LogP contribution < -0.4 is 0 Å². The van der Waals surface area contributed by atoms with Crippen molar-refractivity contribution < 1.29 is 0 Å². The fourth-order valence-corrected chi connectivity index (χ4v) is 1.20. The molecule has 82 valence electrons. The average Bonchev–Trinajstić information content (AvgIpc) is 2.26. The lowest BCUT2D eigenvalue weighted by Gasteiger charge is -1.92. The van der Waals surface area contributed by atoms with Gasteiger partial charge in [0, 0.05) is 6.42 Å². The van der Waals surface area contributed by atoms with E-state index in [0.717, 1.165) is 19.3 Å². The number of hydrogen-bond acceptors (Lipinski definition) is 1. The quantitative estimate of drug-likeness (QED) is 0.323. The van der Waals surface area contributed by atoms with Crippen LogP contribution in [0.2, 0.25) is 0 Å². The van der Waals surface area contributed by atoms with E-state index >= 15 is 0 Å². The van der Waals surface area contributed by atoms with Crippen molar-refractivity contribution in [2.75, 3.05) is 0 Å². The van der Waals surface area contributed by atoms with E-state index < -0.39 is 0 Å². The summed E-state index contributed by atoms with van der Waals surface area (Å²) in [7, 11) is 0. The fourth-order valence-electron chi connectivity index (χ4n) is 1.20. The summed E-state index contributed by atoms with van der Waals surface area (Å²) in [6, 6.07) is 2.16. The summed E-state index contributed by atoms with van der Waals surface area (Å²) in [5.41, 5.74) is 0. The molecule has 0 aromatic rings. The SMILES string of the molecule is C/C=C/C=C/C/C=C/CCCCCC#N. The van der Waals surface area contributed by atoms with Gasteiger partial charge in [-0.25, -0.2) is 0 Å². The lowest BCUT2D eigenvalue weighted by atomic mass is 10.1. The Hall–Kier alpha value is -1.29. The lowest BCUT2D eigenvalue weighted by Crippen LogP contribution is -1.74. The van der Waals surface area contributed by atoms with E-state index in [1.165, 1.54) is 12.8 Å². The molecule has 0 spiro atoms. The van der Waals surface area contributed by atoms with Crippen molar-refractivity contribution in [2.24, 2.45) is 0 Å². The molecule has 1 nitrogen and oxygen atoms in total. The smallest absolute Gasteiger partial charge is 0.0621 e. The molecular formula is C14H21N. The van der Waals surface area contributed by atoms with Crippen molar-refractivity contribution in [2.45, 2.75) is 45.4 Å². The molecule has 0 aromatic heterocycles. The fraction of sp³-hybridized carbons (Fsp3) is 0.500. The first-order valence-electron chi connectivity index (χ1n) is 5.71. The molecule has 0 aliphatic rings. The summed E-state index contributed by atoms with van der Waals surface area (Å²) in [5, 5.41) is 8.33. The Morgan fingerprint density at radius 2 is 1.87 bits per heavy atom. The first kappa shape index (κ1) is 13.7. The summed E-state index contributed by atoms with van der Waals surface area (Å²) in [6.45, 7) is 2.02. The molecular weight excluding hydrogens is 182 g/mol. The highest BCUT2D eigenvalue weighted by molar-refractivity contribution is 5.03. The van der Waals surface area contributed by atoms with Crippen LogP contribution in [-0.2, 0) is 0 Å². The molecule has 0 atom stereocenters. The van der Waals surface area contributed by atoms with Gasteiger partial charge in [-0.15, -0.1) is 0 Å². The summed E-state index contributed by atoms with van der Waals surface area (Å²) in [5.74, 6) is 0. The molecule has 0 heterocycles. The third-order valence-electron chi connectivity index (χ3n) is 2.04. The van der Waals surface area contributed by atoms with Gasteiger partial charge in [0.25, 0.3) is 0 Å². The van der Waals surface area contributed by atoms with E-state index in [9.17, 15) is 0 Å². The zero-order valence-corrected chi connectivity index (χ0v) is 9.65. The van der Waals surface area contributed by atoms with E-state index in [0.29, 0.717) is 6.42 Å². The molecule has 0 aliphatic heterocycles. The Morgan fingerprint density at radius 3 is 2.60 bits per heavy atom. The van der Waals surface area contributed by atoms with Crippen LogP contribution in [0.4, 0.5) is 0 Å². The minimum atomic E-state index is 0.704. The minimum Gasteiger partial charge on any atom is -0.198 e. The molecule has 0 saturated heterocycles. The molecule has 0 saturated carbocycles. The Balaban J connectivity index is 3.21. The van der Waals surface area contributed by atoms with E-state index in [1.54, 1.807) is 0 Å². The normalized spacial score (nSPS) is 11.7. The largest absolute Gasteiger partial charge is 0.198 e. The number of nitriles is 1. The van der Waals surface area contributed by atoms with Crippen molar-refractivity contribution in [1.82, 2.24) is 0 Å². The number of hydrogen-bond donors (Lipinski definition) is 0. The second-order valence-corrected chi connectivity index (χ2v) is 3.42. The third-order valence-corrected chi connectivity index (χ3v) is 2.04. The van der Waals surface area contributed by atoms with Crippen LogP contribution in [0.5, 0.6) is 0 Å². The molecule has 0 amide bonds. The van der Waals surface area contributed by atoms with Crippen LogP contribution >= 0.6 is 0 Å². The van der Waals surface area contributed by atoms with Gasteiger partial charge in [0.2, 0.25) is 0 Å². The maximum Gasteiger partial charge on any atom is 0.0621 e. The van der Waals surface area contributed by atoms with Gasteiger partial charge in [-0.05, 0) is 32.6 Å². The van der Waals surface area contributed by atoms with Crippen LogP contribution in [0.25, 0.3) is 0 Å². The van der Waals surface area contributed by atoms with Crippen LogP contribution in [0.3, 0.4) is 0 Å². The number of rotatable bonds is 8. The van der Waals surface area contributed by atoms with Gasteiger partial charge in [-0.1, -0.05) is 42.9 Å². The monoisotopic (exact) mass is 203 g/mol. The maximum absolute atomic E-state index is 8.33. The molecule has 0 N–H and O–H groups in total. The first-order chi connectivity index (χ1) is 7.41. The molecule has 15 heavy (non-hydrogen) atoms. The predicted molar refractivity (Wildman–Crippen MR) is 66.4 cm³/mol.